The molecule has 0 saturated heterocycles. The molecule has 0 aliphatic heterocycles. The number of carbonyl (C=O) groups is 2. The van der Waals surface area contributed by atoms with Crippen molar-refractivity contribution in [1.82, 2.24) is 4.98 Å². The van der Waals surface area contributed by atoms with Gasteiger partial charge in [-0.3, -0.25) is 9.59 Å². The van der Waals surface area contributed by atoms with Crippen molar-refractivity contribution in [1.29, 1.82) is 0 Å². The Bertz CT molecular complexity index is 1030. The Morgan fingerprint density at radius 2 is 1.54 bits per heavy atom. The normalized spacial score (nSPS) is 10.4. The van der Waals surface area contributed by atoms with Crippen LogP contribution in [0.25, 0.3) is 0 Å². The average molecular weight is 377 g/mol. The van der Waals surface area contributed by atoms with Crippen molar-refractivity contribution in [3.05, 3.63) is 89.0 Å². The summed E-state index contributed by atoms with van der Waals surface area (Å²) in [5, 5.41) is 5.34. The number of aryl methyl sites for hydroxylation is 2. The van der Waals surface area contributed by atoms with Gasteiger partial charge in [-0.25, -0.2) is 9.37 Å². The van der Waals surface area contributed by atoms with E-state index in [4.69, 9.17) is 0 Å². The number of pyridine rings is 1. The molecule has 0 aliphatic carbocycles. The van der Waals surface area contributed by atoms with Gasteiger partial charge in [0.05, 0.1) is 5.69 Å². The highest BCUT2D eigenvalue weighted by Gasteiger charge is 2.15. The first kappa shape index (κ1) is 19.2. The largest absolute Gasteiger partial charge is 0.320 e. The van der Waals surface area contributed by atoms with Crippen molar-refractivity contribution in [3.63, 3.8) is 0 Å². The van der Waals surface area contributed by atoms with E-state index in [1.165, 1.54) is 30.3 Å². The third-order valence-corrected chi connectivity index (χ3v) is 4.31. The van der Waals surface area contributed by atoms with Gasteiger partial charge in [0.25, 0.3) is 11.8 Å². The molecule has 142 valence electrons. The van der Waals surface area contributed by atoms with E-state index in [9.17, 15) is 14.0 Å². The number of halogens is 1. The lowest BCUT2D eigenvalue weighted by molar-refractivity contribution is 0.101. The highest BCUT2D eigenvalue weighted by atomic mass is 19.1. The molecule has 0 saturated carbocycles. The van der Waals surface area contributed by atoms with Gasteiger partial charge in [0.1, 0.15) is 17.2 Å². The zero-order valence-corrected chi connectivity index (χ0v) is 15.6. The lowest BCUT2D eigenvalue weighted by Crippen LogP contribution is -2.19. The molecule has 0 radical (unpaired) electrons. The fourth-order valence-corrected chi connectivity index (χ4v) is 2.82. The van der Waals surface area contributed by atoms with Crippen LogP contribution in [0, 0.1) is 12.7 Å². The van der Waals surface area contributed by atoms with Gasteiger partial charge in [0, 0.05) is 5.69 Å². The van der Waals surface area contributed by atoms with E-state index in [2.05, 4.69) is 15.6 Å². The molecular weight excluding hydrogens is 357 g/mol. The highest BCUT2D eigenvalue weighted by Crippen LogP contribution is 2.22. The summed E-state index contributed by atoms with van der Waals surface area (Å²) in [6.07, 6.45) is 0.774. The van der Waals surface area contributed by atoms with Gasteiger partial charge >= 0.3 is 0 Å². The summed E-state index contributed by atoms with van der Waals surface area (Å²) in [4.78, 5) is 29.2. The minimum atomic E-state index is -0.593. The Morgan fingerprint density at radius 3 is 2.21 bits per heavy atom. The molecule has 5 nitrogen and oxygen atoms in total. The Kier molecular flexibility index (Phi) is 5.79. The molecule has 2 aromatic carbocycles. The summed E-state index contributed by atoms with van der Waals surface area (Å²) in [5.74, 6) is -1.55. The Labute approximate surface area is 162 Å². The molecule has 0 aliphatic rings. The van der Waals surface area contributed by atoms with Crippen LogP contribution >= 0.6 is 0 Å². The average Bonchev–Trinajstić information content (AvgIpc) is 2.71. The molecule has 0 bridgehead atoms. The number of amides is 2. The molecule has 28 heavy (non-hydrogen) atoms. The second kappa shape index (κ2) is 8.43. The van der Waals surface area contributed by atoms with Gasteiger partial charge in [0.2, 0.25) is 0 Å². The van der Waals surface area contributed by atoms with Crippen LogP contribution in [0.2, 0.25) is 0 Å². The van der Waals surface area contributed by atoms with E-state index in [-0.39, 0.29) is 17.1 Å². The molecule has 0 unspecified atom stereocenters. The lowest BCUT2D eigenvalue weighted by Gasteiger charge is -2.13. The quantitative estimate of drug-likeness (QED) is 0.683. The van der Waals surface area contributed by atoms with Crippen molar-refractivity contribution in [2.75, 3.05) is 10.6 Å². The number of nitrogens with zero attached hydrogens (tertiary/aromatic N) is 1. The molecule has 3 aromatic rings. The standard InChI is InChI=1S/C22H20FN3O2/c1-3-15-9-6-8-14(2)20(15)26-22(28)19-13-7-12-18(24-19)21(27)25-17-11-5-4-10-16(17)23/h4-13H,3H2,1-2H3,(H,25,27)(H,26,28). The Morgan fingerprint density at radius 1 is 0.893 bits per heavy atom. The maximum Gasteiger partial charge on any atom is 0.274 e. The van der Waals surface area contributed by atoms with Gasteiger partial charge in [-0.05, 0) is 48.7 Å². The second-order valence-electron chi connectivity index (χ2n) is 6.26. The predicted octanol–water partition coefficient (Wildman–Crippen LogP) is 4.60. The van der Waals surface area contributed by atoms with Crippen LogP contribution < -0.4 is 10.6 Å². The molecule has 1 aromatic heterocycles. The van der Waals surface area contributed by atoms with Gasteiger partial charge < -0.3 is 10.6 Å². The number of rotatable bonds is 5. The monoisotopic (exact) mass is 377 g/mol. The van der Waals surface area contributed by atoms with E-state index in [0.29, 0.717) is 0 Å². The highest BCUT2D eigenvalue weighted by molar-refractivity contribution is 6.06. The maximum atomic E-state index is 13.7. The molecular formula is C22H20FN3O2. The van der Waals surface area contributed by atoms with Crippen LogP contribution in [0.3, 0.4) is 0 Å². The van der Waals surface area contributed by atoms with Crippen molar-refractivity contribution < 1.29 is 14.0 Å². The van der Waals surface area contributed by atoms with Crippen LogP contribution in [0.5, 0.6) is 0 Å². The summed E-state index contributed by atoms with van der Waals surface area (Å²) in [5.41, 5.74) is 2.89. The summed E-state index contributed by atoms with van der Waals surface area (Å²) in [6.45, 7) is 3.93. The van der Waals surface area contributed by atoms with Crippen molar-refractivity contribution in [2.45, 2.75) is 20.3 Å². The molecule has 0 fully saturated rings. The first-order valence-electron chi connectivity index (χ1n) is 8.92. The Hall–Kier alpha value is -3.54. The minimum Gasteiger partial charge on any atom is -0.320 e. The Balaban J connectivity index is 1.80. The first-order chi connectivity index (χ1) is 13.5. The molecule has 6 heteroatoms. The van der Waals surface area contributed by atoms with Gasteiger partial charge in [-0.2, -0.15) is 0 Å². The van der Waals surface area contributed by atoms with Crippen LogP contribution in [0.1, 0.15) is 39.0 Å². The summed E-state index contributed by atoms with van der Waals surface area (Å²) < 4.78 is 13.7. The van der Waals surface area contributed by atoms with E-state index >= 15 is 0 Å². The number of hydrogen-bond acceptors (Lipinski definition) is 3. The van der Waals surface area contributed by atoms with Crippen LogP contribution in [-0.4, -0.2) is 16.8 Å². The number of aromatic nitrogens is 1. The lowest BCUT2D eigenvalue weighted by atomic mass is 10.1. The summed E-state index contributed by atoms with van der Waals surface area (Å²) in [6, 6.07) is 16.2. The number of nitrogens with one attached hydrogen (secondary N) is 2. The first-order valence-corrected chi connectivity index (χ1v) is 8.92. The number of hydrogen-bond donors (Lipinski definition) is 2. The van der Waals surface area contributed by atoms with E-state index in [1.54, 1.807) is 12.1 Å². The number of para-hydroxylation sites is 2. The molecule has 2 amide bonds. The van der Waals surface area contributed by atoms with Crippen molar-refractivity contribution in [3.8, 4) is 0 Å². The zero-order valence-electron chi connectivity index (χ0n) is 15.6. The third kappa shape index (κ3) is 4.23. The molecule has 0 spiro atoms. The summed E-state index contributed by atoms with van der Waals surface area (Å²) in [7, 11) is 0. The van der Waals surface area contributed by atoms with Gasteiger partial charge in [-0.15, -0.1) is 0 Å². The van der Waals surface area contributed by atoms with Crippen molar-refractivity contribution in [2.24, 2.45) is 0 Å². The fourth-order valence-electron chi connectivity index (χ4n) is 2.82. The zero-order chi connectivity index (χ0) is 20.1. The van der Waals surface area contributed by atoms with E-state index < -0.39 is 17.6 Å². The smallest absolute Gasteiger partial charge is 0.274 e. The molecule has 2 N–H and O–H groups in total. The van der Waals surface area contributed by atoms with Crippen LogP contribution in [0.15, 0.2) is 60.7 Å². The van der Waals surface area contributed by atoms with Crippen LogP contribution in [0.4, 0.5) is 15.8 Å². The van der Waals surface area contributed by atoms with E-state index in [1.807, 2.05) is 32.0 Å². The molecule has 0 atom stereocenters. The SMILES string of the molecule is CCc1cccc(C)c1NC(=O)c1cccc(C(=O)Nc2ccccc2F)n1. The van der Waals surface area contributed by atoms with Gasteiger partial charge in [0.15, 0.2) is 0 Å². The topological polar surface area (TPSA) is 71.1 Å². The number of carbonyl (C=O) groups excluding carboxylic acids is 2. The fraction of sp³-hybridized carbons (Fsp3) is 0.136. The summed E-state index contributed by atoms with van der Waals surface area (Å²) >= 11 is 0. The minimum absolute atomic E-state index is 0.0244. The van der Waals surface area contributed by atoms with Crippen molar-refractivity contribution >= 4 is 23.2 Å². The van der Waals surface area contributed by atoms with Gasteiger partial charge in [-0.1, -0.05) is 43.3 Å². The second-order valence-corrected chi connectivity index (χ2v) is 6.26. The number of anilines is 2. The molecule has 1 heterocycles. The molecule has 3 rings (SSSR count). The third-order valence-electron chi connectivity index (χ3n) is 4.31. The predicted molar refractivity (Wildman–Crippen MR) is 107 cm³/mol. The van der Waals surface area contributed by atoms with E-state index in [0.717, 1.165) is 23.2 Å². The van der Waals surface area contributed by atoms with Crippen LogP contribution in [-0.2, 0) is 6.42 Å². The number of benzene rings is 2. The maximum absolute atomic E-state index is 13.7.